The third-order valence-corrected chi connectivity index (χ3v) is 3.93. The third kappa shape index (κ3) is 4.88. The number of aryl methyl sites for hydroxylation is 1. The van der Waals surface area contributed by atoms with E-state index in [-0.39, 0.29) is 0 Å². The minimum atomic E-state index is 0.553. The van der Waals surface area contributed by atoms with Gasteiger partial charge < -0.3 is 20.1 Å². The summed E-state index contributed by atoms with van der Waals surface area (Å²) in [7, 11) is 1.67. The summed E-state index contributed by atoms with van der Waals surface area (Å²) in [4.78, 5) is 9.04. The van der Waals surface area contributed by atoms with Crippen LogP contribution in [0.25, 0.3) is 0 Å². The number of hydrogen-bond acceptors (Lipinski definition) is 6. The Bertz CT molecular complexity index is 899. The summed E-state index contributed by atoms with van der Waals surface area (Å²) >= 11 is 0. The fourth-order valence-corrected chi connectivity index (χ4v) is 2.72. The van der Waals surface area contributed by atoms with Crippen LogP contribution >= 0.6 is 0 Å². The first-order valence-corrected chi connectivity index (χ1v) is 8.90. The van der Waals surface area contributed by atoms with E-state index < -0.39 is 0 Å². The molecule has 140 valence electrons. The first kappa shape index (κ1) is 18.5. The second kappa shape index (κ2) is 8.89. The molecular formula is C21H24N4O2. The topological polar surface area (TPSA) is 68.3 Å². The summed E-state index contributed by atoms with van der Waals surface area (Å²) in [5.41, 5.74) is 2.78. The average Bonchev–Trinajstić information content (AvgIpc) is 2.68. The molecule has 0 fully saturated rings. The Morgan fingerprint density at radius 3 is 2.48 bits per heavy atom. The zero-order chi connectivity index (χ0) is 19.1. The molecule has 0 saturated carbocycles. The molecule has 0 unspecified atom stereocenters. The van der Waals surface area contributed by atoms with Gasteiger partial charge in [0.15, 0.2) is 0 Å². The van der Waals surface area contributed by atoms with Crippen molar-refractivity contribution in [3.63, 3.8) is 0 Å². The molecule has 0 spiro atoms. The van der Waals surface area contributed by atoms with Crippen LogP contribution in [-0.2, 0) is 6.54 Å². The van der Waals surface area contributed by atoms with Crippen LogP contribution in [0, 0.1) is 6.92 Å². The molecule has 2 N–H and O–H groups in total. The van der Waals surface area contributed by atoms with Crippen LogP contribution in [0.4, 0.5) is 17.5 Å². The zero-order valence-corrected chi connectivity index (χ0v) is 15.8. The highest BCUT2D eigenvalue weighted by atomic mass is 16.5. The summed E-state index contributed by atoms with van der Waals surface area (Å²) in [6, 6.07) is 17.6. The van der Waals surface area contributed by atoms with Crippen molar-refractivity contribution in [3.8, 4) is 11.5 Å². The normalized spacial score (nSPS) is 10.3. The molecule has 1 aromatic heterocycles. The first-order chi connectivity index (χ1) is 13.2. The van der Waals surface area contributed by atoms with Crippen molar-refractivity contribution < 1.29 is 9.47 Å². The minimum absolute atomic E-state index is 0.553. The molecule has 0 bridgehead atoms. The standard InChI is InChI=1S/C21H24N4O2/c1-4-27-19-12-8-6-10-17(19)24-20-13-15(2)23-21(25-20)22-14-16-9-5-7-11-18(16)26-3/h5-13H,4,14H2,1-3H3,(H2,22,23,24,25). The number of anilines is 3. The van der Waals surface area contributed by atoms with Gasteiger partial charge in [0.2, 0.25) is 5.95 Å². The van der Waals surface area contributed by atoms with Gasteiger partial charge in [0.05, 0.1) is 19.4 Å². The van der Waals surface area contributed by atoms with Gasteiger partial charge in [-0.05, 0) is 32.0 Å². The summed E-state index contributed by atoms with van der Waals surface area (Å²) < 4.78 is 11.1. The average molecular weight is 364 g/mol. The molecule has 3 rings (SSSR count). The van der Waals surface area contributed by atoms with Gasteiger partial charge in [0.1, 0.15) is 17.3 Å². The lowest BCUT2D eigenvalue weighted by Crippen LogP contribution is -2.07. The molecule has 0 atom stereocenters. The molecule has 0 amide bonds. The Balaban J connectivity index is 1.77. The van der Waals surface area contributed by atoms with E-state index in [0.717, 1.165) is 28.4 Å². The lowest BCUT2D eigenvalue weighted by atomic mass is 10.2. The Kier molecular flexibility index (Phi) is 6.10. The SMILES string of the molecule is CCOc1ccccc1Nc1cc(C)nc(NCc2ccccc2OC)n1. The quantitative estimate of drug-likeness (QED) is 0.611. The van der Waals surface area contributed by atoms with Gasteiger partial charge in [-0.25, -0.2) is 4.98 Å². The maximum Gasteiger partial charge on any atom is 0.225 e. The van der Waals surface area contributed by atoms with Gasteiger partial charge in [-0.1, -0.05) is 30.3 Å². The third-order valence-electron chi connectivity index (χ3n) is 3.93. The van der Waals surface area contributed by atoms with Gasteiger partial charge in [-0.2, -0.15) is 4.98 Å². The highest BCUT2D eigenvalue weighted by Crippen LogP contribution is 2.27. The second-order valence-corrected chi connectivity index (χ2v) is 5.94. The number of methoxy groups -OCH3 is 1. The molecular weight excluding hydrogens is 340 g/mol. The number of ether oxygens (including phenoxy) is 2. The van der Waals surface area contributed by atoms with E-state index >= 15 is 0 Å². The Morgan fingerprint density at radius 2 is 1.70 bits per heavy atom. The molecule has 2 aromatic carbocycles. The lowest BCUT2D eigenvalue weighted by Gasteiger charge is -2.14. The van der Waals surface area contributed by atoms with Crippen molar-refractivity contribution in [2.45, 2.75) is 20.4 Å². The van der Waals surface area contributed by atoms with Gasteiger partial charge in [-0.15, -0.1) is 0 Å². The number of para-hydroxylation sites is 3. The fraction of sp³-hybridized carbons (Fsp3) is 0.238. The number of nitrogens with zero attached hydrogens (tertiary/aromatic N) is 2. The van der Waals surface area contributed by atoms with E-state index in [1.807, 2.05) is 68.4 Å². The summed E-state index contributed by atoms with van der Waals surface area (Å²) in [6.45, 7) is 5.08. The highest BCUT2D eigenvalue weighted by molar-refractivity contribution is 5.64. The molecule has 6 heteroatoms. The van der Waals surface area contributed by atoms with Crippen LogP contribution in [-0.4, -0.2) is 23.7 Å². The molecule has 1 heterocycles. The lowest BCUT2D eigenvalue weighted by molar-refractivity contribution is 0.342. The van der Waals surface area contributed by atoms with Crippen molar-refractivity contribution >= 4 is 17.5 Å². The van der Waals surface area contributed by atoms with Crippen molar-refractivity contribution in [2.24, 2.45) is 0 Å². The maximum atomic E-state index is 5.67. The summed E-state index contributed by atoms with van der Waals surface area (Å²) in [5, 5.41) is 6.59. The van der Waals surface area contributed by atoms with E-state index in [1.165, 1.54) is 0 Å². The van der Waals surface area contributed by atoms with Gasteiger partial charge in [0, 0.05) is 23.9 Å². The highest BCUT2D eigenvalue weighted by Gasteiger charge is 2.08. The van der Waals surface area contributed by atoms with Crippen LogP contribution in [0.5, 0.6) is 11.5 Å². The first-order valence-electron chi connectivity index (χ1n) is 8.90. The second-order valence-electron chi connectivity index (χ2n) is 5.94. The summed E-state index contributed by atoms with van der Waals surface area (Å²) in [5.74, 6) is 2.89. The van der Waals surface area contributed by atoms with E-state index in [9.17, 15) is 0 Å². The molecule has 0 radical (unpaired) electrons. The zero-order valence-electron chi connectivity index (χ0n) is 15.8. The minimum Gasteiger partial charge on any atom is -0.496 e. The molecule has 6 nitrogen and oxygen atoms in total. The Hall–Kier alpha value is -3.28. The molecule has 0 aliphatic carbocycles. The number of nitrogens with one attached hydrogen (secondary N) is 2. The fourth-order valence-electron chi connectivity index (χ4n) is 2.72. The van der Waals surface area contributed by atoms with Gasteiger partial charge >= 0.3 is 0 Å². The van der Waals surface area contributed by atoms with Crippen LogP contribution in [0.15, 0.2) is 54.6 Å². The number of benzene rings is 2. The molecule has 0 aliphatic rings. The molecule has 0 aliphatic heterocycles. The maximum absolute atomic E-state index is 5.67. The van der Waals surface area contributed by atoms with Gasteiger partial charge in [-0.3, -0.25) is 0 Å². The number of aromatic nitrogens is 2. The smallest absolute Gasteiger partial charge is 0.225 e. The van der Waals surface area contributed by atoms with Crippen LogP contribution < -0.4 is 20.1 Å². The molecule has 0 saturated heterocycles. The van der Waals surface area contributed by atoms with Crippen molar-refractivity contribution in [2.75, 3.05) is 24.4 Å². The predicted molar refractivity (Wildman–Crippen MR) is 108 cm³/mol. The Labute approximate surface area is 159 Å². The number of rotatable bonds is 8. The number of hydrogen-bond donors (Lipinski definition) is 2. The monoisotopic (exact) mass is 364 g/mol. The van der Waals surface area contributed by atoms with Crippen LogP contribution in [0.1, 0.15) is 18.2 Å². The van der Waals surface area contributed by atoms with E-state index in [0.29, 0.717) is 24.9 Å². The molecule has 27 heavy (non-hydrogen) atoms. The van der Waals surface area contributed by atoms with Crippen LogP contribution in [0.3, 0.4) is 0 Å². The van der Waals surface area contributed by atoms with Crippen molar-refractivity contribution in [3.05, 3.63) is 65.9 Å². The largest absolute Gasteiger partial charge is 0.496 e. The van der Waals surface area contributed by atoms with E-state index in [1.54, 1.807) is 7.11 Å². The predicted octanol–water partition coefficient (Wildman–Crippen LogP) is 4.55. The van der Waals surface area contributed by atoms with Crippen LogP contribution in [0.2, 0.25) is 0 Å². The van der Waals surface area contributed by atoms with Crippen molar-refractivity contribution in [1.82, 2.24) is 9.97 Å². The van der Waals surface area contributed by atoms with E-state index in [4.69, 9.17) is 9.47 Å². The van der Waals surface area contributed by atoms with Gasteiger partial charge in [0.25, 0.3) is 0 Å². The van der Waals surface area contributed by atoms with E-state index in [2.05, 4.69) is 20.6 Å². The Morgan fingerprint density at radius 1 is 0.963 bits per heavy atom. The molecule has 3 aromatic rings. The summed E-state index contributed by atoms with van der Waals surface area (Å²) in [6.07, 6.45) is 0. The van der Waals surface area contributed by atoms with Crippen molar-refractivity contribution in [1.29, 1.82) is 0 Å².